The molecule has 1 atom stereocenters. The Balaban J connectivity index is 4.23. The molecule has 0 bridgehead atoms. The number of rotatable bonds is 2. The van der Waals surface area contributed by atoms with Crippen molar-refractivity contribution in [3.05, 3.63) is 0 Å². The van der Waals surface area contributed by atoms with E-state index in [2.05, 4.69) is 0 Å². The molecular weight excluding hydrogens is 151 g/mol. The van der Waals surface area contributed by atoms with Crippen molar-refractivity contribution in [3.63, 3.8) is 0 Å². The predicted octanol–water partition coefficient (Wildman–Crippen LogP) is -1.43. The zero-order chi connectivity index (χ0) is 7.65. The molecule has 0 aliphatic rings. The lowest BCUT2D eigenvalue weighted by Gasteiger charge is -2.05. The minimum atomic E-state index is -4.86. The highest BCUT2D eigenvalue weighted by molar-refractivity contribution is 7.53. The van der Waals surface area contributed by atoms with Gasteiger partial charge in [-0.15, -0.1) is 0 Å². The minimum Gasteiger partial charge on any atom is -0.479 e. The van der Waals surface area contributed by atoms with Crippen molar-refractivity contribution in [1.82, 2.24) is 0 Å². The molecule has 0 heterocycles. The summed E-state index contributed by atoms with van der Waals surface area (Å²) in [6.45, 7) is 0. The van der Waals surface area contributed by atoms with Crippen LogP contribution in [0, 0.1) is 0 Å². The second-order valence-corrected chi connectivity index (χ2v) is 2.97. The molecule has 0 spiro atoms. The molecule has 9 heavy (non-hydrogen) atoms. The van der Waals surface area contributed by atoms with E-state index in [1.807, 2.05) is 0 Å². The molecule has 0 radical (unpaired) electrons. The van der Waals surface area contributed by atoms with Gasteiger partial charge in [-0.1, -0.05) is 0 Å². The topological polar surface area (TPSA) is 115 Å². The largest absolute Gasteiger partial charge is 0.479 e. The first kappa shape index (κ1) is 8.58. The molecule has 0 aliphatic carbocycles. The lowest BCUT2D eigenvalue weighted by atomic mass is 10.7. The Morgan fingerprint density at radius 3 is 1.78 bits per heavy atom. The van der Waals surface area contributed by atoms with Crippen LogP contribution in [-0.2, 0) is 9.36 Å². The van der Waals surface area contributed by atoms with Crippen LogP contribution in [0.1, 0.15) is 0 Å². The fraction of sp³-hybridized carbons (Fsp3) is 0.500. The van der Waals surface area contributed by atoms with Crippen molar-refractivity contribution in [3.8, 4) is 0 Å². The zero-order valence-corrected chi connectivity index (χ0v) is 5.02. The highest BCUT2D eigenvalue weighted by Crippen LogP contribution is 2.39. The first-order valence-electron chi connectivity index (χ1n) is 1.82. The monoisotopic (exact) mass is 156 g/mol. The first-order chi connectivity index (χ1) is 3.85. The number of aliphatic hydroxyl groups excluding tert-OH is 1. The Morgan fingerprint density at radius 1 is 1.44 bits per heavy atom. The standard InChI is InChI=1S/C2H5O6P/c3-1(4)2(5)9(6,7)8/h2,5H,(H,3,4)(H2,6,7,8)/t2-/m1/s1. The lowest BCUT2D eigenvalue weighted by molar-refractivity contribution is -0.143. The number of hydrogen-bond acceptors (Lipinski definition) is 3. The molecule has 0 saturated carbocycles. The maximum absolute atomic E-state index is 9.84. The molecule has 0 aromatic heterocycles. The summed E-state index contributed by atoms with van der Waals surface area (Å²) in [7, 11) is -4.86. The molecule has 0 unspecified atom stereocenters. The van der Waals surface area contributed by atoms with Crippen molar-refractivity contribution in [2.24, 2.45) is 0 Å². The SMILES string of the molecule is O=C(O)[C@H](O)P(=O)(O)O. The van der Waals surface area contributed by atoms with Gasteiger partial charge in [0.1, 0.15) is 0 Å². The Labute approximate surface area is 49.9 Å². The molecule has 0 aromatic rings. The fourth-order valence-electron chi connectivity index (χ4n) is 0.144. The van der Waals surface area contributed by atoms with Gasteiger partial charge in [0.2, 0.25) is 0 Å². The van der Waals surface area contributed by atoms with Crippen LogP contribution >= 0.6 is 7.60 Å². The van der Waals surface area contributed by atoms with E-state index in [-0.39, 0.29) is 0 Å². The Morgan fingerprint density at radius 2 is 1.78 bits per heavy atom. The summed E-state index contributed by atoms with van der Waals surface area (Å²) in [6, 6.07) is 0. The fourth-order valence-corrected chi connectivity index (χ4v) is 0.432. The summed E-state index contributed by atoms with van der Waals surface area (Å²) in [5.74, 6) is -4.53. The van der Waals surface area contributed by atoms with Crippen molar-refractivity contribution in [1.29, 1.82) is 0 Å². The third-order valence-corrected chi connectivity index (χ3v) is 1.40. The van der Waals surface area contributed by atoms with E-state index < -0.39 is 19.4 Å². The molecule has 0 fully saturated rings. The summed E-state index contributed by atoms with van der Waals surface area (Å²) < 4.78 is 9.84. The van der Waals surface area contributed by atoms with E-state index in [0.717, 1.165) is 0 Å². The molecule has 6 nitrogen and oxygen atoms in total. The van der Waals surface area contributed by atoms with Gasteiger partial charge in [-0.2, -0.15) is 0 Å². The number of carboxylic acid groups (broad SMARTS) is 1. The van der Waals surface area contributed by atoms with Crippen LogP contribution in [0.15, 0.2) is 0 Å². The molecule has 54 valence electrons. The van der Waals surface area contributed by atoms with E-state index in [4.69, 9.17) is 20.0 Å². The van der Waals surface area contributed by atoms with E-state index >= 15 is 0 Å². The molecule has 4 N–H and O–H groups in total. The zero-order valence-electron chi connectivity index (χ0n) is 4.13. The second-order valence-electron chi connectivity index (χ2n) is 1.30. The predicted molar refractivity (Wildman–Crippen MR) is 25.7 cm³/mol. The van der Waals surface area contributed by atoms with Crippen molar-refractivity contribution in [2.75, 3.05) is 0 Å². The number of carbonyl (C=O) groups is 1. The molecule has 0 amide bonds. The lowest BCUT2D eigenvalue weighted by Crippen LogP contribution is -2.18. The molecular formula is C2H5O6P. The number of carboxylic acids is 1. The number of aliphatic carboxylic acids is 1. The average Bonchev–Trinajstić information content (AvgIpc) is 1.62. The van der Waals surface area contributed by atoms with E-state index in [9.17, 15) is 9.36 Å². The van der Waals surface area contributed by atoms with Gasteiger partial charge in [-0.05, 0) is 0 Å². The Hall–Kier alpha value is -0.420. The molecule has 0 aliphatic heterocycles. The average molecular weight is 156 g/mol. The van der Waals surface area contributed by atoms with Gasteiger partial charge in [-0.25, -0.2) is 4.79 Å². The smallest absolute Gasteiger partial charge is 0.365 e. The van der Waals surface area contributed by atoms with Gasteiger partial charge < -0.3 is 20.0 Å². The summed E-state index contributed by atoms with van der Waals surface area (Å²) in [6.07, 6.45) is 0. The molecule has 0 rings (SSSR count). The van der Waals surface area contributed by atoms with Crippen LogP contribution in [0.3, 0.4) is 0 Å². The molecule has 0 aromatic carbocycles. The maximum Gasteiger partial charge on any atom is 0.365 e. The highest BCUT2D eigenvalue weighted by atomic mass is 31.2. The maximum atomic E-state index is 9.84. The Kier molecular flexibility index (Phi) is 2.33. The van der Waals surface area contributed by atoms with Gasteiger partial charge in [0.05, 0.1) is 0 Å². The van der Waals surface area contributed by atoms with Crippen LogP contribution in [-0.4, -0.2) is 31.8 Å². The first-order valence-corrected chi connectivity index (χ1v) is 3.50. The van der Waals surface area contributed by atoms with Crippen LogP contribution in [0.25, 0.3) is 0 Å². The van der Waals surface area contributed by atoms with Crippen LogP contribution < -0.4 is 0 Å². The molecule has 0 saturated heterocycles. The quantitative estimate of drug-likeness (QED) is 0.364. The Bertz CT molecular complexity index is 156. The number of aliphatic hydroxyl groups is 1. The highest BCUT2D eigenvalue weighted by Gasteiger charge is 2.32. The summed E-state index contributed by atoms with van der Waals surface area (Å²) in [5.41, 5.74) is 0. The summed E-state index contributed by atoms with van der Waals surface area (Å²) in [4.78, 5) is 25.5. The van der Waals surface area contributed by atoms with Crippen molar-refractivity contribution in [2.45, 2.75) is 5.85 Å². The third-order valence-electron chi connectivity index (χ3n) is 0.539. The third kappa shape index (κ3) is 2.57. The summed E-state index contributed by atoms with van der Waals surface area (Å²) in [5, 5.41) is 15.9. The van der Waals surface area contributed by atoms with Crippen molar-refractivity contribution < 1.29 is 29.4 Å². The van der Waals surface area contributed by atoms with Gasteiger partial charge in [0.15, 0.2) is 0 Å². The van der Waals surface area contributed by atoms with Gasteiger partial charge in [0, 0.05) is 0 Å². The van der Waals surface area contributed by atoms with E-state index in [1.54, 1.807) is 0 Å². The molecule has 7 heteroatoms. The van der Waals surface area contributed by atoms with Crippen LogP contribution in [0.5, 0.6) is 0 Å². The second kappa shape index (κ2) is 2.45. The van der Waals surface area contributed by atoms with E-state index in [0.29, 0.717) is 0 Å². The van der Waals surface area contributed by atoms with E-state index in [1.165, 1.54) is 0 Å². The van der Waals surface area contributed by atoms with Crippen LogP contribution in [0.2, 0.25) is 0 Å². The van der Waals surface area contributed by atoms with Gasteiger partial charge in [-0.3, -0.25) is 4.57 Å². The minimum absolute atomic E-state index is 1.93. The van der Waals surface area contributed by atoms with Gasteiger partial charge in [0.25, 0.3) is 5.85 Å². The van der Waals surface area contributed by atoms with Gasteiger partial charge >= 0.3 is 13.6 Å². The summed E-state index contributed by atoms with van der Waals surface area (Å²) >= 11 is 0. The van der Waals surface area contributed by atoms with Crippen LogP contribution in [0.4, 0.5) is 0 Å². The number of hydrogen-bond donors (Lipinski definition) is 4. The van der Waals surface area contributed by atoms with Crippen molar-refractivity contribution >= 4 is 13.6 Å². The normalized spacial score (nSPS) is 15.0.